The molecule has 1 atom stereocenters. The molecule has 1 aliphatic carbocycles. The zero-order valence-corrected chi connectivity index (χ0v) is 15.1. The molecule has 1 amide bonds. The average Bonchev–Trinajstić information content (AvgIpc) is 3.45. The molecule has 1 saturated carbocycles. The van der Waals surface area contributed by atoms with Gasteiger partial charge in [0.1, 0.15) is 5.69 Å². The fourth-order valence-corrected chi connectivity index (χ4v) is 3.37. The van der Waals surface area contributed by atoms with Gasteiger partial charge in [-0.25, -0.2) is 0 Å². The highest BCUT2D eigenvalue weighted by Gasteiger charge is 2.34. The first-order valence-electron chi connectivity index (χ1n) is 8.51. The molecule has 1 N–H and O–H groups in total. The van der Waals surface area contributed by atoms with Crippen molar-refractivity contribution in [1.82, 2.24) is 4.90 Å². The number of carbonyl (C=O) groups excluding carboxylic acids is 1. The summed E-state index contributed by atoms with van der Waals surface area (Å²) in [7, 11) is 0. The van der Waals surface area contributed by atoms with E-state index in [2.05, 4.69) is 10.2 Å². The number of nitrogens with zero attached hydrogens (tertiary/aromatic N) is 2. The first-order valence-corrected chi connectivity index (χ1v) is 8.88. The van der Waals surface area contributed by atoms with E-state index in [1.807, 2.05) is 31.2 Å². The van der Waals surface area contributed by atoms with E-state index in [0.717, 1.165) is 18.4 Å². The maximum Gasteiger partial charge on any atom is 0.292 e. The van der Waals surface area contributed by atoms with Crippen LogP contribution in [0.1, 0.15) is 31.4 Å². The SMILES string of the molecule is C[C@H](c1ccccc1Cl)N(CC(=O)Nc1ccccc1[N+](=O)[O-])C1CC1. The Labute approximate surface area is 156 Å². The number of carbonyl (C=O) groups is 1. The van der Waals surface area contributed by atoms with Gasteiger partial charge in [0.15, 0.2) is 0 Å². The summed E-state index contributed by atoms with van der Waals surface area (Å²) in [6, 6.07) is 14.1. The summed E-state index contributed by atoms with van der Waals surface area (Å²) in [4.78, 5) is 25.2. The Hall–Kier alpha value is -2.44. The predicted molar refractivity (Wildman–Crippen MR) is 101 cm³/mol. The number of nitro groups is 1. The second-order valence-electron chi connectivity index (χ2n) is 6.42. The second-order valence-corrected chi connectivity index (χ2v) is 6.83. The highest BCUT2D eigenvalue weighted by atomic mass is 35.5. The highest BCUT2D eigenvalue weighted by Crippen LogP contribution is 2.36. The number of nitrogens with one attached hydrogen (secondary N) is 1. The third kappa shape index (κ3) is 4.20. The van der Waals surface area contributed by atoms with Crippen LogP contribution >= 0.6 is 11.6 Å². The normalized spacial score (nSPS) is 14.9. The minimum Gasteiger partial charge on any atom is -0.319 e. The van der Waals surface area contributed by atoms with Crippen molar-refractivity contribution in [2.24, 2.45) is 0 Å². The lowest BCUT2D eigenvalue weighted by molar-refractivity contribution is -0.383. The van der Waals surface area contributed by atoms with Gasteiger partial charge in [0, 0.05) is 23.2 Å². The van der Waals surface area contributed by atoms with Crippen LogP contribution < -0.4 is 5.32 Å². The molecule has 7 heteroatoms. The van der Waals surface area contributed by atoms with Gasteiger partial charge in [-0.3, -0.25) is 19.8 Å². The lowest BCUT2D eigenvalue weighted by Gasteiger charge is -2.29. The van der Waals surface area contributed by atoms with Gasteiger partial charge in [-0.15, -0.1) is 0 Å². The van der Waals surface area contributed by atoms with E-state index in [1.165, 1.54) is 12.1 Å². The maximum absolute atomic E-state index is 12.5. The number of amides is 1. The number of hydrogen-bond acceptors (Lipinski definition) is 4. The monoisotopic (exact) mass is 373 g/mol. The quantitative estimate of drug-likeness (QED) is 0.576. The average molecular weight is 374 g/mol. The van der Waals surface area contributed by atoms with E-state index < -0.39 is 4.92 Å². The Morgan fingerprint density at radius 1 is 1.27 bits per heavy atom. The topological polar surface area (TPSA) is 75.5 Å². The molecule has 0 bridgehead atoms. The van der Waals surface area contributed by atoms with Gasteiger partial charge in [0.2, 0.25) is 5.91 Å². The standard InChI is InChI=1S/C19H20ClN3O3/c1-13(15-6-2-3-7-16(15)20)22(14-10-11-14)12-19(24)21-17-8-4-5-9-18(17)23(25)26/h2-9,13-14H,10-12H2,1H3,(H,21,24)/t13-/m1/s1. The van der Waals surface area contributed by atoms with Crippen LogP contribution in [0.2, 0.25) is 5.02 Å². The fraction of sp³-hybridized carbons (Fsp3) is 0.316. The molecular weight excluding hydrogens is 354 g/mol. The molecule has 1 fully saturated rings. The van der Waals surface area contributed by atoms with Crippen molar-refractivity contribution in [2.45, 2.75) is 31.8 Å². The largest absolute Gasteiger partial charge is 0.319 e. The van der Waals surface area contributed by atoms with E-state index in [-0.39, 0.29) is 29.9 Å². The van der Waals surface area contributed by atoms with Crippen LogP contribution in [0.15, 0.2) is 48.5 Å². The van der Waals surface area contributed by atoms with Gasteiger partial charge in [-0.1, -0.05) is 41.9 Å². The number of halogens is 1. The Balaban J connectivity index is 1.74. The summed E-state index contributed by atoms with van der Waals surface area (Å²) >= 11 is 6.31. The summed E-state index contributed by atoms with van der Waals surface area (Å²) in [5, 5.41) is 14.4. The summed E-state index contributed by atoms with van der Waals surface area (Å²) in [5.74, 6) is -0.273. The molecule has 2 aromatic rings. The van der Waals surface area contributed by atoms with E-state index in [9.17, 15) is 14.9 Å². The van der Waals surface area contributed by atoms with E-state index >= 15 is 0 Å². The summed E-state index contributed by atoms with van der Waals surface area (Å²) in [6.45, 7) is 2.18. The molecule has 2 aromatic carbocycles. The first-order chi connectivity index (χ1) is 12.5. The number of nitro benzene ring substituents is 1. The molecule has 0 unspecified atom stereocenters. The molecule has 0 aliphatic heterocycles. The van der Waals surface area contributed by atoms with Crippen molar-refractivity contribution in [3.8, 4) is 0 Å². The lowest BCUT2D eigenvalue weighted by Crippen LogP contribution is -2.37. The number of anilines is 1. The van der Waals surface area contributed by atoms with Crippen molar-refractivity contribution in [3.63, 3.8) is 0 Å². The Morgan fingerprint density at radius 3 is 2.58 bits per heavy atom. The fourth-order valence-electron chi connectivity index (χ4n) is 3.08. The van der Waals surface area contributed by atoms with Crippen molar-refractivity contribution < 1.29 is 9.72 Å². The van der Waals surface area contributed by atoms with Crippen LogP contribution in [-0.2, 0) is 4.79 Å². The van der Waals surface area contributed by atoms with Crippen LogP contribution in [0, 0.1) is 10.1 Å². The third-order valence-electron chi connectivity index (χ3n) is 4.57. The van der Waals surface area contributed by atoms with Crippen LogP contribution in [0.5, 0.6) is 0 Å². The molecule has 0 aromatic heterocycles. The number of benzene rings is 2. The second kappa shape index (κ2) is 7.85. The highest BCUT2D eigenvalue weighted by molar-refractivity contribution is 6.31. The van der Waals surface area contributed by atoms with E-state index in [4.69, 9.17) is 11.6 Å². The smallest absolute Gasteiger partial charge is 0.292 e. The van der Waals surface area contributed by atoms with Crippen molar-refractivity contribution in [1.29, 1.82) is 0 Å². The number of para-hydroxylation sites is 2. The molecule has 6 nitrogen and oxygen atoms in total. The van der Waals surface area contributed by atoms with Crippen molar-refractivity contribution in [2.75, 3.05) is 11.9 Å². The summed E-state index contributed by atoms with van der Waals surface area (Å²) < 4.78 is 0. The molecular formula is C19H20ClN3O3. The Morgan fingerprint density at radius 2 is 1.92 bits per heavy atom. The molecule has 0 spiro atoms. The molecule has 0 heterocycles. The Bertz CT molecular complexity index is 823. The molecule has 0 saturated heterocycles. The van der Waals surface area contributed by atoms with Gasteiger partial charge >= 0.3 is 0 Å². The van der Waals surface area contributed by atoms with Gasteiger partial charge in [-0.05, 0) is 37.5 Å². The van der Waals surface area contributed by atoms with Gasteiger partial charge in [0.25, 0.3) is 5.69 Å². The van der Waals surface area contributed by atoms with Gasteiger partial charge < -0.3 is 5.32 Å². The maximum atomic E-state index is 12.5. The summed E-state index contributed by atoms with van der Waals surface area (Å²) in [6.07, 6.45) is 2.07. The van der Waals surface area contributed by atoms with Crippen LogP contribution in [0.25, 0.3) is 0 Å². The Kier molecular flexibility index (Phi) is 5.54. The predicted octanol–water partition coefficient (Wildman–Crippen LogP) is 4.41. The van der Waals surface area contributed by atoms with Crippen molar-refractivity contribution in [3.05, 3.63) is 69.2 Å². The summed E-state index contributed by atoms with van der Waals surface area (Å²) in [5.41, 5.74) is 1.07. The molecule has 136 valence electrons. The van der Waals surface area contributed by atoms with Crippen LogP contribution in [0.4, 0.5) is 11.4 Å². The zero-order valence-electron chi connectivity index (χ0n) is 14.4. The number of rotatable bonds is 7. The minimum absolute atomic E-state index is 0.0206. The van der Waals surface area contributed by atoms with Crippen LogP contribution in [0.3, 0.4) is 0 Å². The first kappa shape index (κ1) is 18.4. The van der Waals surface area contributed by atoms with Crippen molar-refractivity contribution >= 4 is 28.9 Å². The van der Waals surface area contributed by atoms with E-state index in [1.54, 1.807) is 12.1 Å². The molecule has 3 rings (SSSR count). The lowest BCUT2D eigenvalue weighted by atomic mass is 10.1. The van der Waals surface area contributed by atoms with E-state index in [0.29, 0.717) is 11.1 Å². The molecule has 26 heavy (non-hydrogen) atoms. The van der Waals surface area contributed by atoms with Crippen LogP contribution in [-0.4, -0.2) is 28.3 Å². The molecule has 1 aliphatic rings. The number of hydrogen-bond donors (Lipinski definition) is 1. The third-order valence-corrected chi connectivity index (χ3v) is 4.91. The minimum atomic E-state index is -0.499. The van der Waals surface area contributed by atoms with Gasteiger partial charge in [0.05, 0.1) is 11.5 Å². The molecule has 0 radical (unpaired) electrons. The van der Waals surface area contributed by atoms with Gasteiger partial charge in [-0.2, -0.15) is 0 Å². The zero-order chi connectivity index (χ0) is 18.7.